The molecule has 2 heteroatoms. The molecule has 3 saturated heterocycles. The van der Waals surface area contributed by atoms with Crippen LogP contribution < -0.4 is 0 Å². The Hall–Kier alpha value is -2.97. The Balaban J connectivity index is 1.61. The standard InChI is InChI=1S/C30H31NO/c1-21-17-22(2)19-26(18-21)28(32)20-27-23-13-15-31(16-14-23)30(27)29(24-9-5-3-6-10-24)25-11-7-4-8-12-25/h3-12,17-20,23,29-30H,13-16H2,1-2H3/b27-20+. The van der Waals surface area contributed by atoms with Crippen LogP contribution in [0.15, 0.2) is 90.5 Å². The van der Waals surface area contributed by atoms with Crippen molar-refractivity contribution in [2.24, 2.45) is 5.92 Å². The molecule has 0 amide bonds. The molecule has 3 aromatic carbocycles. The average molecular weight is 422 g/mol. The lowest BCUT2D eigenvalue weighted by Crippen LogP contribution is -2.53. The van der Waals surface area contributed by atoms with Crippen molar-refractivity contribution in [2.45, 2.75) is 38.6 Å². The highest BCUT2D eigenvalue weighted by Gasteiger charge is 2.43. The third-order valence-corrected chi connectivity index (χ3v) is 7.17. The van der Waals surface area contributed by atoms with Crippen LogP contribution in [0.3, 0.4) is 0 Å². The molecule has 3 aliphatic heterocycles. The summed E-state index contributed by atoms with van der Waals surface area (Å²) < 4.78 is 0. The van der Waals surface area contributed by atoms with E-state index in [4.69, 9.17) is 0 Å². The Labute approximate surface area is 191 Å². The molecular weight excluding hydrogens is 390 g/mol. The van der Waals surface area contributed by atoms with Gasteiger partial charge in [-0.1, -0.05) is 77.9 Å². The van der Waals surface area contributed by atoms with E-state index in [1.165, 1.54) is 16.7 Å². The van der Waals surface area contributed by atoms with Gasteiger partial charge >= 0.3 is 0 Å². The van der Waals surface area contributed by atoms with Crippen molar-refractivity contribution in [3.63, 3.8) is 0 Å². The fraction of sp³-hybridized carbons (Fsp3) is 0.300. The van der Waals surface area contributed by atoms with Gasteiger partial charge in [-0.2, -0.15) is 0 Å². The van der Waals surface area contributed by atoms with Gasteiger partial charge in [0.15, 0.2) is 5.78 Å². The highest BCUT2D eigenvalue weighted by atomic mass is 16.1. The van der Waals surface area contributed by atoms with Crippen LogP contribution in [0.1, 0.15) is 51.4 Å². The number of hydrogen-bond acceptors (Lipinski definition) is 2. The van der Waals surface area contributed by atoms with E-state index in [1.54, 1.807) is 0 Å². The zero-order chi connectivity index (χ0) is 22.1. The first kappa shape index (κ1) is 20.9. The maximum atomic E-state index is 13.4. The number of rotatable bonds is 5. The van der Waals surface area contributed by atoms with E-state index in [1.807, 2.05) is 18.2 Å². The molecule has 0 aliphatic carbocycles. The van der Waals surface area contributed by atoms with Crippen molar-refractivity contribution in [2.75, 3.05) is 13.1 Å². The number of carbonyl (C=O) groups excluding carboxylic acids is 1. The Morgan fingerprint density at radius 3 is 1.91 bits per heavy atom. The second-order valence-corrected chi connectivity index (χ2v) is 9.44. The van der Waals surface area contributed by atoms with Crippen molar-refractivity contribution < 1.29 is 4.79 Å². The van der Waals surface area contributed by atoms with Crippen LogP contribution in [0.4, 0.5) is 0 Å². The first-order valence-electron chi connectivity index (χ1n) is 11.8. The summed E-state index contributed by atoms with van der Waals surface area (Å²) in [7, 11) is 0. The Morgan fingerprint density at radius 1 is 0.844 bits per heavy atom. The number of benzene rings is 3. The van der Waals surface area contributed by atoms with Crippen LogP contribution in [0.5, 0.6) is 0 Å². The Kier molecular flexibility index (Phi) is 5.80. The lowest BCUT2D eigenvalue weighted by Gasteiger charge is -2.50. The van der Waals surface area contributed by atoms with Crippen molar-refractivity contribution in [1.82, 2.24) is 4.90 Å². The van der Waals surface area contributed by atoms with Crippen LogP contribution in [0, 0.1) is 19.8 Å². The van der Waals surface area contributed by atoms with Gasteiger partial charge in [-0.15, -0.1) is 0 Å². The lowest BCUT2D eigenvalue weighted by atomic mass is 9.70. The molecule has 3 aliphatic rings. The summed E-state index contributed by atoms with van der Waals surface area (Å²) in [6, 6.07) is 28.0. The number of piperidine rings is 3. The molecule has 3 fully saturated rings. The largest absolute Gasteiger partial charge is 0.296 e. The van der Waals surface area contributed by atoms with Gasteiger partial charge in [0.2, 0.25) is 0 Å². The predicted octanol–water partition coefficient (Wildman–Crippen LogP) is 6.34. The van der Waals surface area contributed by atoms with E-state index in [2.05, 4.69) is 85.5 Å². The molecule has 3 heterocycles. The van der Waals surface area contributed by atoms with E-state index >= 15 is 0 Å². The average Bonchev–Trinajstić information content (AvgIpc) is 2.82. The van der Waals surface area contributed by atoms with E-state index in [9.17, 15) is 4.79 Å². The maximum Gasteiger partial charge on any atom is 0.185 e. The molecule has 0 radical (unpaired) electrons. The number of nitrogens with zero attached hydrogens (tertiary/aromatic N) is 1. The lowest BCUT2D eigenvalue weighted by molar-refractivity contribution is 0.0905. The van der Waals surface area contributed by atoms with Gasteiger partial charge < -0.3 is 0 Å². The topological polar surface area (TPSA) is 20.3 Å². The molecule has 0 spiro atoms. The summed E-state index contributed by atoms with van der Waals surface area (Å²) in [5, 5.41) is 0. The van der Waals surface area contributed by atoms with Crippen LogP contribution in [-0.2, 0) is 0 Å². The summed E-state index contributed by atoms with van der Waals surface area (Å²) in [5.74, 6) is 0.860. The summed E-state index contributed by atoms with van der Waals surface area (Å²) in [5.41, 5.74) is 7.06. The summed E-state index contributed by atoms with van der Waals surface area (Å²) in [6.45, 7) is 6.35. The minimum absolute atomic E-state index is 0.144. The summed E-state index contributed by atoms with van der Waals surface area (Å²) in [4.78, 5) is 16.1. The van der Waals surface area contributed by atoms with E-state index in [-0.39, 0.29) is 17.7 Å². The van der Waals surface area contributed by atoms with Crippen LogP contribution >= 0.6 is 0 Å². The third-order valence-electron chi connectivity index (χ3n) is 7.17. The van der Waals surface area contributed by atoms with E-state index in [0.717, 1.165) is 42.6 Å². The second kappa shape index (κ2) is 8.88. The molecule has 3 aromatic rings. The van der Waals surface area contributed by atoms with Crippen LogP contribution in [0.2, 0.25) is 0 Å². The first-order valence-corrected chi connectivity index (χ1v) is 11.8. The fourth-order valence-electron chi connectivity index (χ4n) is 5.80. The van der Waals surface area contributed by atoms with Crippen LogP contribution in [-0.4, -0.2) is 29.8 Å². The number of allylic oxidation sites excluding steroid dienone is 1. The maximum absolute atomic E-state index is 13.4. The minimum Gasteiger partial charge on any atom is -0.296 e. The van der Waals surface area contributed by atoms with Gasteiger partial charge in [0.1, 0.15) is 0 Å². The molecule has 2 bridgehead atoms. The van der Waals surface area contributed by atoms with E-state index < -0.39 is 0 Å². The van der Waals surface area contributed by atoms with Crippen molar-refractivity contribution in [1.29, 1.82) is 0 Å². The number of carbonyl (C=O) groups is 1. The van der Waals surface area contributed by atoms with Gasteiger partial charge in [-0.05, 0) is 80.6 Å². The number of hydrogen-bond donors (Lipinski definition) is 0. The van der Waals surface area contributed by atoms with Crippen molar-refractivity contribution >= 4 is 5.78 Å². The molecule has 1 atom stereocenters. The van der Waals surface area contributed by atoms with E-state index in [0.29, 0.717) is 5.92 Å². The molecule has 162 valence electrons. The van der Waals surface area contributed by atoms with Gasteiger partial charge in [0.05, 0.1) is 0 Å². The summed E-state index contributed by atoms with van der Waals surface area (Å²) in [6.07, 6.45) is 4.30. The Morgan fingerprint density at radius 2 is 1.38 bits per heavy atom. The Bertz CT molecular complexity index is 1060. The highest BCUT2D eigenvalue weighted by molar-refractivity contribution is 6.05. The second-order valence-electron chi connectivity index (χ2n) is 9.44. The van der Waals surface area contributed by atoms with Crippen LogP contribution in [0.25, 0.3) is 0 Å². The first-order chi connectivity index (χ1) is 15.6. The van der Waals surface area contributed by atoms with Gasteiger partial charge in [-0.25, -0.2) is 0 Å². The molecule has 0 N–H and O–H groups in total. The quantitative estimate of drug-likeness (QED) is 0.354. The summed E-state index contributed by atoms with van der Waals surface area (Å²) >= 11 is 0. The molecular formula is C30H31NO. The minimum atomic E-state index is 0.144. The molecule has 6 rings (SSSR count). The molecule has 1 unspecified atom stereocenters. The third kappa shape index (κ3) is 4.08. The highest BCUT2D eigenvalue weighted by Crippen LogP contribution is 2.45. The number of fused-ring (bicyclic) bond motifs is 3. The van der Waals surface area contributed by atoms with Gasteiger partial charge in [0.25, 0.3) is 0 Å². The number of aryl methyl sites for hydroxylation is 2. The number of ketones is 1. The fourth-order valence-corrected chi connectivity index (χ4v) is 5.80. The molecule has 32 heavy (non-hydrogen) atoms. The molecule has 0 aromatic heterocycles. The smallest absolute Gasteiger partial charge is 0.185 e. The predicted molar refractivity (Wildman–Crippen MR) is 131 cm³/mol. The van der Waals surface area contributed by atoms with Crippen molar-refractivity contribution in [3.8, 4) is 0 Å². The monoisotopic (exact) mass is 421 g/mol. The zero-order valence-corrected chi connectivity index (χ0v) is 19.0. The molecule has 2 nitrogen and oxygen atoms in total. The van der Waals surface area contributed by atoms with Gasteiger partial charge in [0, 0.05) is 17.5 Å². The normalized spacial score (nSPS) is 23.6. The molecule has 0 saturated carbocycles. The SMILES string of the molecule is Cc1cc(C)cc(C(=O)/C=C2\C3CCN(CC3)C2C(c2ccccc2)c2ccccc2)c1. The van der Waals surface area contributed by atoms with Gasteiger partial charge in [-0.3, -0.25) is 9.69 Å². The van der Waals surface area contributed by atoms with Crippen molar-refractivity contribution in [3.05, 3.63) is 118 Å². The zero-order valence-electron chi connectivity index (χ0n) is 19.0.